The van der Waals surface area contributed by atoms with Crippen LogP contribution in [0.2, 0.25) is 0 Å². The van der Waals surface area contributed by atoms with Gasteiger partial charge in [0, 0.05) is 31.6 Å². The average molecular weight is 223 g/mol. The molecule has 3 fully saturated rings. The first-order chi connectivity index (χ1) is 7.76. The molecule has 3 aliphatic rings. The SMILES string of the molecule is CN1CC2(CCN(CC3CCNCC3)C2)C1. The number of rotatable bonds is 2. The highest BCUT2D eigenvalue weighted by Crippen LogP contribution is 2.38. The summed E-state index contributed by atoms with van der Waals surface area (Å²) < 4.78 is 0. The molecule has 16 heavy (non-hydrogen) atoms. The fourth-order valence-electron chi connectivity index (χ4n) is 3.97. The van der Waals surface area contributed by atoms with Crippen LogP contribution < -0.4 is 5.32 Å². The van der Waals surface area contributed by atoms with Gasteiger partial charge in [0.2, 0.25) is 0 Å². The Kier molecular flexibility index (Phi) is 2.94. The van der Waals surface area contributed by atoms with Crippen LogP contribution >= 0.6 is 0 Å². The lowest BCUT2D eigenvalue weighted by atomic mass is 9.79. The van der Waals surface area contributed by atoms with E-state index >= 15 is 0 Å². The molecule has 0 atom stereocenters. The zero-order valence-corrected chi connectivity index (χ0v) is 10.5. The predicted molar refractivity (Wildman–Crippen MR) is 66.6 cm³/mol. The van der Waals surface area contributed by atoms with E-state index < -0.39 is 0 Å². The summed E-state index contributed by atoms with van der Waals surface area (Å²) in [6.45, 7) is 9.27. The van der Waals surface area contributed by atoms with Gasteiger partial charge in [0.15, 0.2) is 0 Å². The number of piperidine rings is 1. The molecule has 3 heterocycles. The topological polar surface area (TPSA) is 18.5 Å². The highest BCUT2D eigenvalue weighted by molar-refractivity contribution is 5.00. The Bertz CT molecular complexity index is 242. The van der Waals surface area contributed by atoms with Crippen molar-refractivity contribution in [2.24, 2.45) is 11.3 Å². The molecule has 3 rings (SSSR count). The minimum Gasteiger partial charge on any atom is -0.317 e. The summed E-state index contributed by atoms with van der Waals surface area (Å²) in [4.78, 5) is 5.21. The standard InChI is InChI=1S/C13H25N3/c1-15-9-13(10-15)4-7-16(11-13)8-12-2-5-14-6-3-12/h12,14H,2-11H2,1H3. The molecule has 0 aromatic heterocycles. The number of likely N-dealkylation sites (tertiary alicyclic amines) is 2. The molecule has 0 saturated carbocycles. The third kappa shape index (κ3) is 2.13. The van der Waals surface area contributed by atoms with Gasteiger partial charge in [0.1, 0.15) is 0 Å². The van der Waals surface area contributed by atoms with E-state index in [0.29, 0.717) is 5.41 Å². The van der Waals surface area contributed by atoms with E-state index in [1.54, 1.807) is 0 Å². The molecule has 1 spiro atoms. The average Bonchev–Trinajstić information content (AvgIpc) is 2.63. The van der Waals surface area contributed by atoms with Gasteiger partial charge in [-0.2, -0.15) is 0 Å². The second-order valence-corrected chi connectivity index (χ2v) is 6.35. The van der Waals surface area contributed by atoms with E-state index in [1.165, 1.54) is 65.1 Å². The summed E-state index contributed by atoms with van der Waals surface area (Å²) in [6, 6.07) is 0. The van der Waals surface area contributed by atoms with Gasteiger partial charge in [-0.05, 0) is 51.9 Å². The van der Waals surface area contributed by atoms with Gasteiger partial charge >= 0.3 is 0 Å². The van der Waals surface area contributed by atoms with Crippen molar-refractivity contribution in [1.82, 2.24) is 15.1 Å². The first-order valence-corrected chi connectivity index (χ1v) is 6.87. The fraction of sp³-hybridized carbons (Fsp3) is 1.00. The Morgan fingerprint density at radius 1 is 1.19 bits per heavy atom. The van der Waals surface area contributed by atoms with Crippen LogP contribution in [0.4, 0.5) is 0 Å². The third-order valence-electron chi connectivity index (χ3n) is 4.70. The van der Waals surface area contributed by atoms with Gasteiger partial charge < -0.3 is 15.1 Å². The molecule has 1 N–H and O–H groups in total. The number of hydrogen-bond donors (Lipinski definition) is 1. The first kappa shape index (κ1) is 11.0. The van der Waals surface area contributed by atoms with Crippen molar-refractivity contribution in [3.05, 3.63) is 0 Å². The second-order valence-electron chi connectivity index (χ2n) is 6.35. The van der Waals surface area contributed by atoms with E-state index in [-0.39, 0.29) is 0 Å². The fourth-order valence-corrected chi connectivity index (χ4v) is 3.97. The zero-order chi connectivity index (χ0) is 11.0. The van der Waals surface area contributed by atoms with Crippen molar-refractivity contribution in [1.29, 1.82) is 0 Å². The van der Waals surface area contributed by atoms with E-state index in [4.69, 9.17) is 0 Å². The van der Waals surface area contributed by atoms with Gasteiger partial charge in [-0.1, -0.05) is 0 Å². The molecule has 0 radical (unpaired) electrons. The van der Waals surface area contributed by atoms with Crippen LogP contribution in [0.1, 0.15) is 19.3 Å². The van der Waals surface area contributed by atoms with Crippen LogP contribution in [-0.2, 0) is 0 Å². The van der Waals surface area contributed by atoms with Crippen LogP contribution in [0.15, 0.2) is 0 Å². The van der Waals surface area contributed by atoms with Crippen LogP contribution in [0.3, 0.4) is 0 Å². The summed E-state index contributed by atoms with van der Waals surface area (Å²) >= 11 is 0. The summed E-state index contributed by atoms with van der Waals surface area (Å²) in [5, 5.41) is 3.46. The minimum absolute atomic E-state index is 0.696. The summed E-state index contributed by atoms with van der Waals surface area (Å²) in [6.07, 6.45) is 4.23. The number of hydrogen-bond acceptors (Lipinski definition) is 3. The van der Waals surface area contributed by atoms with E-state index in [1.807, 2.05) is 0 Å². The lowest BCUT2D eigenvalue weighted by molar-refractivity contribution is 0.0290. The van der Waals surface area contributed by atoms with Crippen molar-refractivity contribution < 1.29 is 0 Å². The molecule has 3 heteroatoms. The van der Waals surface area contributed by atoms with Crippen LogP contribution in [0.5, 0.6) is 0 Å². The number of nitrogens with zero attached hydrogens (tertiary/aromatic N) is 2. The lowest BCUT2D eigenvalue weighted by Crippen LogP contribution is -2.55. The molecule has 3 saturated heterocycles. The summed E-state index contributed by atoms with van der Waals surface area (Å²) in [5.74, 6) is 0.967. The molecular formula is C13H25N3. The Morgan fingerprint density at radius 3 is 2.62 bits per heavy atom. The van der Waals surface area contributed by atoms with Crippen molar-refractivity contribution in [2.45, 2.75) is 19.3 Å². The van der Waals surface area contributed by atoms with Gasteiger partial charge in [-0.25, -0.2) is 0 Å². The van der Waals surface area contributed by atoms with Crippen LogP contribution in [-0.4, -0.2) is 62.7 Å². The Hall–Kier alpha value is -0.120. The quantitative estimate of drug-likeness (QED) is 0.740. The van der Waals surface area contributed by atoms with Crippen molar-refractivity contribution in [2.75, 3.05) is 52.9 Å². The van der Waals surface area contributed by atoms with Crippen molar-refractivity contribution in [3.63, 3.8) is 0 Å². The maximum atomic E-state index is 3.46. The Balaban J connectivity index is 1.47. The molecule has 0 bridgehead atoms. The van der Waals surface area contributed by atoms with E-state index in [0.717, 1.165) is 5.92 Å². The third-order valence-corrected chi connectivity index (χ3v) is 4.70. The second kappa shape index (κ2) is 4.28. The van der Waals surface area contributed by atoms with Gasteiger partial charge in [0.05, 0.1) is 0 Å². The first-order valence-electron chi connectivity index (χ1n) is 6.87. The normalized spacial score (nSPS) is 32.1. The van der Waals surface area contributed by atoms with Gasteiger partial charge in [0.25, 0.3) is 0 Å². The summed E-state index contributed by atoms with van der Waals surface area (Å²) in [7, 11) is 2.25. The monoisotopic (exact) mass is 223 g/mol. The van der Waals surface area contributed by atoms with Gasteiger partial charge in [-0.15, -0.1) is 0 Å². The molecule has 3 aliphatic heterocycles. The molecule has 3 nitrogen and oxygen atoms in total. The lowest BCUT2D eigenvalue weighted by Gasteiger charge is -2.46. The molecule has 0 amide bonds. The molecule has 0 aromatic rings. The highest BCUT2D eigenvalue weighted by atomic mass is 15.3. The molecular weight excluding hydrogens is 198 g/mol. The maximum Gasteiger partial charge on any atom is 0.00966 e. The minimum atomic E-state index is 0.696. The predicted octanol–water partition coefficient (Wildman–Crippen LogP) is 0.623. The smallest absolute Gasteiger partial charge is 0.00966 e. The molecule has 0 unspecified atom stereocenters. The van der Waals surface area contributed by atoms with Crippen molar-refractivity contribution in [3.8, 4) is 0 Å². The maximum absolute atomic E-state index is 3.46. The van der Waals surface area contributed by atoms with E-state index in [2.05, 4.69) is 22.2 Å². The largest absolute Gasteiger partial charge is 0.317 e. The summed E-state index contributed by atoms with van der Waals surface area (Å²) in [5.41, 5.74) is 0.696. The van der Waals surface area contributed by atoms with E-state index in [9.17, 15) is 0 Å². The zero-order valence-electron chi connectivity index (χ0n) is 10.5. The molecule has 0 aliphatic carbocycles. The Labute approximate surface area is 99.2 Å². The Morgan fingerprint density at radius 2 is 1.94 bits per heavy atom. The molecule has 92 valence electrons. The van der Waals surface area contributed by atoms with Crippen molar-refractivity contribution >= 4 is 0 Å². The van der Waals surface area contributed by atoms with Crippen LogP contribution in [0, 0.1) is 11.3 Å². The number of nitrogens with one attached hydrogen (secondary N) is 1. The highest BCUT2D eigenvalue weighted by Gasteiger charge is 2.46. The van der Waals surface area contributed by atoms with Crippen LogP contribution in [0.25, 0.3) is 0 Å². The molecule has 0 aromatic carbocycles. The van der Waals surface area contributed by atoms with Gasteiger partial charge in [-0.3, -0.25) is 0 Å².